The third-order valence-electron chi connectivity index (χ3n) is 1.77. The maximum Gasteiger partial charge on any atom is -0.0258 e. The minimum atomic E-state index is 0.722. The van der Waals surface area contributed by atoms with E-state index in [4.69, 9.17) is 0 Å². The SMILES string of the molecule is CCC=C(C(C)C)C(C)C. The molecule has 0 fully saturated rings. The lowest BCUT2D eigenvalue weighted by atomic mass is 9.92. The van der Waals surface area contributed by atoms with Crippen molar-refractivity contribution in [2.75, 3.05) is 0 Å². The van der Waals surface area contributed by atoms with Crippen LogP contribution in [0.1, 0.15) is 41.0 Å². The smallest absolute Gasteiger partial charge is 0.0258 e. The van der Waals surface area contributed by atoms with E-state index < -0.39 is 0 Å². The standard InChI is InChI=1S/C10H20/c1-6-7-10(8(2)3)9(4)5/h7-9H,6H2,1-5H3. The summed E-state index contributed by atoms with van der Waals surface area (Å²) in [6.45, 7) is 11.3. The summed E-state index contributed by atoms with van der Waals surface area (Å²) in [6.07, 6.45) is 3.53. The first-order chi connectivity index (χ1) is 4.59. The van der Waals surface area contributed by atoms with Gasteiger partial charge in [0.1, 0.15) is 0 Å². The first-order valence-corrected chi connectivity index (χ1v) is 4.29. The van der Waals surface area contributed by atoms with Gasteiger partial charge in [-0.25, -0.2) is 0 Å². The van der Waals surface area contributed by atoms with Crippen LogP contribution in [-0.2, 0) is 0 Å². The molecule has 0 aromatic carbocycles. The second-order valence-electron chi connectivity index (χ2n) is 3.42. The molecule has 0 bridgehead atoms. The molecule has 0 aliphatic carbocycles. The van der Waals surface area contributed by atoms with Gasteiger partial charge < -0.3 is 0 Å². The van der Waals surface area contributed by atoms with Crippen LogP contribution in [0.25, 0.3) is 0 Å². The summed E-state index contributed by atoms with van der Waals surface area (Å²) < 4.78 is 0. The van der Waals surface area contributed by atoms with Crippen molar-refractivity contribution in [3.05, 3.63) is 11.6 Å². The number of rotatable bonds is 3. The Kier molecular flexibility index (Phi) is 4.42. The number of allylic oxidation sites excluding steroid dienone is 2. The average Bonchev–Trinajstić information content (AvgIpc) is 1.81. The number of hydrogen-bond donors (Lipinski definition) is 0. The molecule has 0 heteroatoms. The van der Waals surface area contributed by atoms with Crippen molar-refractivity contribution in [2.24, 2.45) is 11.8 Å². The Morgan fingerprint density at radius 2 is 1.50 bits per heavy atom. The molecule has 0 atom stereocenters. The highest BCUT2D eigenvalue weighted by molar-refractivity contribution is 5.06. The molecule has 0 amide bonds. The average molecular weight is 140 g/mol. The highest BCUT2D eigenvalue weighted by atomic mass is 14.1. The van der Waals surface area contributed by atoms with Crippen molar-refractivity contribution < 1.29 is 0 Å². The third kappa shape index (κ3) is 3.05. The van der Waals surface area contributed by atoms with E-state index in [1.54, 1.807) is 5.57 Å². The summed E-state index contributed by atoms with van der Waals surface area (Å²) in [6, 6.07) is 0. The zero-order chi connectivity index (χ0) is 8.15. The summed E-state index contributed by atoms with van der Waals surface area (Å²) >= 11 is 0. The zero-order valence-corrected chi connectivity index (χ0v) is 7.94. The molecule has 0 radical (unpaired) electrons. The summed E-state index contributed by atoms with van der Waals surface area (Å²) in [4.78, 5) is 0. The van der Waals surface area contributed by atoms with Gasteiger partial charge in [0.2, 0.25) is 0 Å². The lowest BCUT2D eigenvalue weighted by Gasteiger charge is -2.14. The van der Waals surface area contributed by atoms with Crippen molar-refractivity contribution in [3.63, 3.8) is 0 Å². The van der Waals surface area contributed by atoms with Crippen LogP contribution in [0.15, 0.2) is 11.6 Å². The van der Waals surface area contributed by atoms with Crippen molar-refractivity contribution in [3.8, 4) is 0 Å². The summed E-state index contributed by atoms with van der Waals surface area (Å²) in [5.74, 6) is 1.44. The molecular weight excluding hydrogens is 120 g/mol. The Labute approximate surface area is 65.3 Å². The van der Waals surface area contributed by atoms with Crippen LogP contribution in [0, 0.1) is 11.8 Å². The van der Waals surface area contributed by atoms with Crippen molar-refractivity contribution in [2.45, 2.75) is 41.0 Å². The monoisotopic (exact) mass is 140 g/mol. The first kappa shape index (κ1) is 9.74. The van der Waals surface area contributed by atoms with E-state index in [0.29, 0.717) is 0 Å². The lowest BCUT2D eigenvalue weighted by Crippen LogP contribution is -2.01. The van der Waals surface area contributed by atoms with Crippen LogP contribution in [-0.4, -0.2) is 0 Å². The van der Waals surface area contributed by atoms with Gasteiger partial charge in [0.25, 0.3) is 0 Å². The van der Waals surface area contributed by atoms with E-state index in [1.165, 1.54) is 6.42 Å². The molecule has 0 unspecified atom stereocenters. The molecule has 0 aromatic heterocycles. The Hall–Kier alpha value is -0.260. The van der Waals surface area contributed by atoms with E-state index in [1.807, 2.05) is 0 Å². The van der Waals surface area contributed by atoms with Gasteiger partial charge in [-0.3, -0.25) is 0 Å². The Morgan fingerprint density at radius 3 is 1.60 bits per heavy atom. The summed E-state index contributed by atoms with van der Waals surface area (Å²) in [7, 11) is 0. The van der Waals surface area contributed by atoms with Crippen molar-refractivity contribution in [1.29, 1.82) is 0 Å². The molecular formula is C10H20. The van der Waals surface area contributed by atoms with Gasteiger partial charge in [-0.05, 0) is 18.3 Å². The van der Waals surface area contributed by atoms with Crippen molar-refractivity contribution in [1.82, 2.24) is 0 Å². The molecule has 0 aromatic rings. The van der Waals surface area contributed by atoms with Crippen LogP contribution >= 0.6 is 0 Å². The van der Waals surface area contributed by atoms with E-state index in [2.05, 4.69) is 40.7 Å². The minimum Gasteiger partial charge on any atom is -0.0851 e. The molecule has 0 nitrogen and oxygen atoms in total. The highest BCUT2D eigenvalue weighted by Gasteiger charge is 2.05. The highest BCUT2D eigenvalue weighted by Crippen LogP contribution is 2.19. The topological polar surface area (TPSA) is 0 Å². The quantitative estimate of drug-likeness (QED) is 0.525. The van der Waals surface area contributed by atoms with E-state index in [-0.39, 0.29) is 0 Å². The van der Waals surface area contributed by atoms with Crippen LogP contribution < -0.4 is 0 Å². The fraction of sp³-hybridized carbons (Fsp3) is 0.800. The maximum atomic E-state index is 2.36. The molecule has 0 N–H and O–H groups in total. The molecule has 0 aliphatic rings. The molecule has 0 aliphatic heterocycles. The van der Waals surface area contributed by atoms with Gasteiger partial charge in [-0.2, -0.15) is 0 Å². The van der Waals surface area contributed by atoms with Crippen LogP contribution in [0.5, 0.6) is 0 Å². The molecule has 0 saturated carbocycles. The Morgan fingerprint density at radius 1 is 1.10 bits per heavy atom. The van der Waals surface area contributed by atoms with Gasteiger partial charge >= 0.3 is 0 Å². The fourth-order valence-electron chi connectivity index (χ4n) is 1.37. The largest absolute Gasteiger partial charge is 0.0851 e. The summed E-state index contributed by atoms with van der Waals surface area (Å²) in [5.41, 5.74) is 1.60. The summed E-state index contributed by atoms with van der Waals surface area (Å²) in [5, 5.41) is 0. The van der Waals surface area contributed by atoms with Crippen LogP contribution in [0.4, 0.5) is 0 Å². The fourth-order valence-corrected chi connectivity index (χ4v) is 1.37. The molecule has 0 heterocycles. The van der Waals surface area contributed by atoms with Crippen LogP contribution in [0.2, 0.25) is 0 Å². The maximum absolute atomic E-state index is 2.36. The first-order valence-electron chi connectivity index (χ1n) is 4.29. The second kappa shape index (κ2) is 4.54. The van der Waals surface area contributed by atoms with Gasteiger partial charge in [-0.1, -0.05) is 46.3 Å². The van der Waals surface area contributed by atoms with E-state index >= 15 is 0 Å². The molecule has 0 saturated heterocycles. The minimum absolute atomic E-state index is 0.722. The Bertz CT molecular complexity index is 97.2. The zero-order valence-electron chi connectivity index (χ0n) is 7.94. The second-order valence-corrected chi connectivity index (χ2v) is 3.42. The predicted octanol–water partition coefficient (Wildman–Crippen LogP) is 3.63. The molecule has 0 spiro atoms. The number of hydrogen-bond acceptors (Lipinski definition) is 0. The van der Waals surface area contributed by atoms with E-state index in [9.17, 15) is 0 Å². The molecule has 0 rings (SSSR count). The molecule has 60 valence electrons. The van der Waals surface area contributed by atoms with Gasteiger partial charge in [0.15, 0.2) is 0 Å². The Balaban J connectivity index is 4.12. The van der Waals surface area contributed by atoms with Crippen LogP contribution in [0.3, 0.4) is 0 Å². The predicted molar refractivity (Wildman–Crippen MR) is 48.1 cm³/mol. The van der Waals surface area contributed by atoms with Crippen molar-refractivity contribution >= 4 is 0 Å². The van der Waals surface area contributed by atoms with Gasteiger partial charge in [0, 0.05) is 0 Å². The van der Waals surface area contributed by atoms with E-state index in [0.717, 1.165) is 11.8 Å². The normalized spacial score (nSPS) is 10.7. The third-order valence-corrected chi connectivity index (χ3v) is 1.77. The lowest BCUT2D eigenvalue weighted by molar-refractivity contribution is 0.621. The molecule has 10 heavy (non-hydrogen) atoms. The van der Waals surface area contributed by atoms with Gasteiger partial charge in [-0.15, -0.1) is 0 Å². The van der Waals surface area contributed by atoms with Gasteiger partial charge in [0.05, 0.1) is 0 Å².